The number of hydrogen-bond donors (Lipinski definition) is 5. The number of rotatable bonds is 13. The van der Waals surface area contributed by atoms with Gasteiger partial charge in [0.15, 0.2) is 5.96 Å². The van der Waals surface area contributed by atoms with E-state index in [2.05, 4.69) is 17.6 Å². The van der Waals surface area contributed by atoms with Crippen molar-refractivity contribution in [3.8, 4) is 0 Å². The Hall–Kier alpha value is -2.36. The first-order valence-electron chi connectivity index (χ1n) is 11.4. The molecule has 1 saturated heterocycles. The number of aliphatic carboxylic acids is 1. The van der Waals surface area contributed by atoms with Gasteiger partial charge in [-0.05, 0) is 44.6 Å². The van der Waals surface area contributed by atoms with Crippen LogP contribution in [-0.2, 0) is 14.4 Å². The van der Waals surface area contributed by atoms with Crippen LogP contribution in [0.15, 0.2) is 0 Å². The summed E-state index contributed by atoms with van der Waals surface area (Å²) in [6.07, 6.45) is 5.46. The molecular formula is C21H38N6O4. The fraction of sp³-hybridized carbons (Fsp3) is 0.810. The van der Waals surface area contributed by atoms with Gasteiger partial charge in [0.05, 0.1) is 18.9 Å². The average Bonchev–Trinajstić information content (AvgIpc) is 3.57. The van der Waals surface area contributed by atoms with E-state index in [1.807, 2.05) is 4.90 Å². The highest BCUT2D eigenvalue weighted by Gasteiger charge is 2.36. The van der Waals surface area contributed by atoms with Gasteiger partial charge in [-0.15, -0.1) is 0 Å². The number of likely N-dealkylation sites (tertiary alicyclic amines) is 1. The van der Waals surface area contributed by atoms with E-state index in [-0.39, 0.29) is 49.1 Å². The summed E-state index contributed by atoms with van der Waals surface area (Å²) in [6, 6.07) is -0.564. The lowest BCUT2D eigenvalue weighted by atomic mass is 9.98. The summed E-state index contributed by atoms with van der Waals surface area (Å²) in [6.45, 7) is 4.78. The highest BCUT2D eigenvalue weighted by molar-refractivity contribution is 5.89. The molecule has 0 spiro atoms. The predicted molar refractivity (Wildman–Crippen MR) is 118 cm³/mol. The zero-order chi connectivity index (χ0) is 22.8. The molecule has 0 radical (unpaired) electrons. The van der Waals surface area contributed by atoms with Gasteiger partial charge in [0, 0.05) is 32.2 Å². The van der Waals surface area contributed by atoms with Crippen LogP contribution >= 0.6 is 0 Å². The fourth-order valence-electron chi connectivity index (χ4n) is 3.94. The smallest absolute Gasteiger partial charge is 0.305 e. The largest absolute Gasteiger partial charge is 0.481 e. The Kier molecular flexibility index (Phi) is 10.0. The van der Waals surface area contributed by atoms with Crippen molar-refractivity contribution in [3.63, 3.8) is 0 Å². The molecule has 1 heterocycles. The molecule has 2 amide bonds. The maximum Gasteiger partial charge on any atom is 0.305 e. The SMILES string of the molecule is CCCCN[C@@H](CC(=O)NC[C@@H]1CCCN(C(=N)N)C1)C(=O)N(CCC(=O)O)C1CC1. The van der Waals surface area contributed by atoms with Gasteiger partial charge in [-0.3, -0.25) is 19.8 Å². The Labute approximate surface area is 184 Å². The molecule has 2 aliphatic rings. The molecule has 1 aliphatic heterocycles. The number of unbranched alkanes of at least 4 members (excludes halogenated alkanes) is 1. The quantitative estimate of drug-likeness (QED) is 0.158. The third-order valence-corrected chi connectivity index (χ3v) is 5.89. The number of hydrogen-bond acceptors (Lipinski definition) is 5. The number of amides is 2. The zero-order valence-corrected chi connectivity index (χ0v) is 18.6. The van der Waals surface area contributed by atoms with E-state index in [0.717, 1.165) is 45.1 Å². The van der Waals surface area contributed by atoms with E-state index >= 15 is 0 Å². The lowest BCUT2D eigenvalue weighted by Gasteiger charge is -2.33. The summed E-state index contributed by atoms with van der Waals surface area (Å²) in [5.41, 5.74) is 5.58. The fourth-order valence-corrected chi connectivity index (χ4v) is 3.94. The van der Waals surface area contributed by atoms with Crippen molar-refractivity contribution in [1.82, 2.24) is 20.4 Å². The van der Waals surface area contributed by atoms with Crippen LogP contribution in [0.25, 0.3) is 0 Å². The van der Waals surface area contributed by atoms with Crippen molar-refractivity contribution in [2.24, 2.45) is 11.7 Å². The lowest BCUT2D eigenvalue weighted by Crippen LogP contribution is -2.51. The second kappa shape index (κ2) is 12.5. The molecule has 0 bridgehead atoms. The van der Waals surface area contributed by atoms with Gasteiger partial charge in [-0.2, -0.15) is 0 Å². The maximum atomic E-state index is 13.1. The third-order valence-electron chi connectivity index (χ3n) is 5.89. The number of nitrogens with two attached hydrogens (primary N) is 1. The maximum absolute atomic E-state index is 13.1. The number of carbonyl (C=O) groups is 3. The lowest BCUT2D eigenvalue weighted by molar-refractivity contribution is -0.140. The Morgan fingerprint density at radius 2 is 2.03 bits per heavy atom. The van der Waals surface area contributed by atoms with Crippen LogP contribution < -0.4 is 16.4 Å². The van der Waals surface area contributed by atoms with Crippen molar-refractivity contribution >= 4 is 23.7 Å². The van der Waals surface area contributed by atoms with Crippen molar-refractivity contribution in [3.05, 3.63) is 0 Å². The van der Waals surface area contributed by atoms with Crippen molar-refractivity contribution in [2.45, 2.75) is 70.4 Å². The number of carboxylic acids is 1. The molecule has 176 valence electrons. The molecular weight excluding hydrogens is 400 g/mol. The first kappa shape index (κ1) is 24.9. The van der Waals surface area contributed by atoms with Gasteiger partial charge >= 0.3 is 5.97 Å². The molecule has 0 aromatic carbocycles. The molecule has 1 saturated carbocycles. The Bertz CT molecular complexity index is 639. The second-order valence-electron chi connectivity index (χ2n) is 8.61. The molecule has 31 heavy (non-hydrogen) atoms. The van der Waals surface area contributed by atoms with Crippen molar-refractivity contribution < 1.29 is 19.5 Å². The van der Waals surface area contributed by atoms with Crippen molar-refractivity contribution in [1.29, 1.82) is 5.41 Å². The highest BCUT2D eigenvalue weighted by atomic mass is 16.4. The summed E-state index contributed by atoms with van der Waals surface area (Å²) < 4.78 is 0. The number of nitrogens with one attached hydrogen (secondary N) is 3. The van der Waals surface area contributed by atoms with Gasteiger partial charge in [-0.1, -0.05) is 13.3 Å². The molecule has 2 fully saturated rings. The Morgan fingerprint density at radius 3 is 2.65 bits per heavy atom. The van der Waals surface area contributed by atoms with Crippen LogP contribution in [0.1, 0.15) is 58.3 Å². The van der Waals surface area contributed by atoms with E-state index in [1.54, 1.807) is 4.90 Å². The van der Waals surface area contributed by atoms with Crippen LogP contribution in [0, 0.1) is 11.3 Å². The van der Waals surface area contributed by atoms with E-state index < -0.39 is 12.0 Å². The van der Waals surface area contributed by atoms with Crippen LogP contribution in [0.5, 0.6) is 0 Å². The number of carboxylic acid groups (broad SMARTS) is 1. The van der Waals surface area contributed by atoms with E-state index in [9.17, 15) is 14.4 Å². The summed E-state index contributed by atoms with van der Waals surface area (Å²) in [4.78, 5) is 40.2. The molecule has 10 heteroatoms. The van der Waals surface area contributed by atoms with Gasteiger partial charge < -0.3 is 31.3 Å². The molecule has 10 nitrogen and oxygen atoms in total. The van der Waals surface area contributed by atoms with E-state index in [4.69, 9.17) is 16.2 Å². The molecule has 0 aromatic rings. The summed E-state index contributed by atoms with van der Waals surface area (Å²) in [5.74, 6) is -1.03. The standard InChI is InChI=1S/C21H38N6O4/c1-2-3-9-24-17(20(31)27(16-6-7-16)11-8-19(29)30)12-18(28)25-13-15-5-4-10-26(14-15)21(22)23/h15-17,24H,2-14H2,1H3,(H3,22,23)(H,25,28)(H,29,30)/t15-,17-/m0/s1. The molecule has 1 aliphatic carbocycles. The van der Waals surface area contributed by atoms with E-state index in [1.165, 1.54) is 0 Å². The van der Waals surface area contributed by atoms with Gasteiger partial charge in [0.1, 0.15) is 0 Å². The highest BCUT2D eigenvalue weighted by Crippen LogP contribution is 2.28. The number of nitrogens with zero attached hydrogens (tertiary/aromatic N) is 2. The number of carbonyl (C=O) groups excluding carboxylic acids is 2. The molecule has 0 unspecified atom stereocenters. The van der Waals surface area contributed by atoms with Gasteiger partial charge in [0.25, 0.3) is 0 Å². The summed E-state index contributed by atoms with van der Waals surface area (Å²) in [7, 11) is 0. The Morgan fingerprint density at radius 1 is 1.29 bits per heavy atom. The summed E-state index contributed by atoms with van der Waals surface area (Å²) in [5, 5.41) is 22.7. The van der Waals surface area contributed by atoms with Crippen LogP contribution in [0.4, 0.5) is 0 Å². The molecule has 2 rings (SSSR count). The van der Waals surface area contributed by atoms with Crippen molar-refractivity contribution in [2.75, 3.05) is 32.7 Å². The average molecular weight is 439 g/mol. The van der Waals surface area contributed by atoms with Crippen LogP contribution in [0.3, 0.4) is 0 Å². The number of guanidine groups is 1. The predicted octanol–water partition coefficient (Wildman–Crippen LogP) is 0.322. The normalized spacial score (nSPS) is 19.5. The Balaban J connectivity index is 1.90. The first-order valence-corrected chi connectivity index (χ1v) is 11.4. The molecule has 6 N–H and O–H groups in total. The summed E-state index contributed by atoms with van der Waals surface area (Å²) >= 11 is 0. The minimum absolute atomic E-state index is 0.0297. The second-order valence-corrected chi connectivity index (χ2v) is 8.61. The van der Waals surface area contributed by atoms with Gasteiger partial charge in [0.2, 0.25) is 11.8 Å². The number of piperidine rings is 1. The minimum Gasteiger partial charge on any atom is -0.481 e. The monoisotopic (exact) mass is 438 g/mol. The zero-order valence-electron chi connectivity index (χ0n) is 18.6. The molecule has 2 atom stereocenters. The third kappa shape index (κ3) is 8.72. The van der Waals surface area contributed by atoms with Crippen LogP contribution in [-0.4, -0.2) is 83.5 Å². The van der Waals surface area contributed by atoms with Gasteiger partial charge in [-0.25, -0.2) is 0 Å². The minimum atomic E-state index is -0.932. The van der Waals surface area contributed by atoms with Crippen LogP contribution in [0.2, 0.25) is 0 Å². The first-order chi connectivity index (χ1) is 14.8. The molecule has 0 aromatic heterocycles. The van der Waals surface area contributed by atoms with E-state index in [0.29, 0.717) is 19.6 Å². The topological polar surface area (TPSA) is 152 Å².